The lowest BCUT2D eigenvalue weighted by Gasteiger charge is -2.13. The number of benzene rings is 1. The topological polar surface area (TPSA) is 94.6 Å². The SMILES string of the molecule is CCOC(=O)CCCCC(C(C)=O)C(=O)c1cccc(S(C)(=O)=O)c1. The molecule has 1 aromatic rings. The minimum absolute atomic E-state index is 0.0444. The number of carbonyl (C=O) groups is 3. The normalized spacial score (nSPS) is 12.4. The van der Waals surface area contributed by atoms with E-state index in [9.17, 15) is 22.8 Å². The average molecular weight is 368 g/mol. The standard InChI is InChI=1S/C18H24O6S/c1-4-24-17(20)11-6-5-10-16(13(2)19)18(21)14-8-7-9-15(12-14)25(3,22)23/h7-9,12,16H,4-6,10-11H2,1-3H3. The van der Waals surface area contributed by atoms with Crippen molar-refractivity contribution in [2.45, 2.75) is 44.4 Å². The average Bonchev–Trinajstić information content (AvgIpc) is 2.53. The molecule has 0 fully saturated rings. The van der Waals surface area contributed by atoms with E-state index in [0.717, 1.165) is 6.26 Å². The molecule has 1 unspecified atom stereocenters. The molecule has 0 aliphatic heterocycles. The molecule has 0 aliphatic carbocycles. The Balaban J connectivity index is 2.77. The number of carbonyl (C=O) groups excluding carboxylic acids is 3. The zero-order valence-corrected chi connectivity index (χ0v) is 15.6. The summed E-state index contributed by atoms with van der Waals surface area (Å²) in [5.41, 5.74) is 0.202. The minimum atomic E-state index is -3.43. The highest BCUT2D eigenvalue weighted by molar-refractivity contribution is 7.90. The molecule has 0 bridgehead atoms. The van der Waals surface area contributed by atoms with Gasteiger partial charge in [-0.2, -0.15) is 0 Å². The predicted octanol–water partition coefficient (Wildman–Crippen LogP) is 2.60. The number of rotatable bonds is 10. The van der Waals surface area contributed by atoms with Crippen LogP contribution >= 0.6 is 0 Å². The maximum Gasteiger partial charge on any atom is 0.305 e. The number of esters is 1. The fraction of sp³-hybridized carbons (Fsp3) is 0.500. The summed E-state index contributed by atoms with van der Waals surface area (Å²) < 4.78 is 28.1. The van der Waals surface area contributed by atoms with Crippen molar-refractivity contribution in [3.8, 4) is 0 Å². The molecule has 25 heavy (non-hydrogen) atoms. The molecule has 1 rings (SSSR count). The van der Waals surface area contributed by atoms with Crippen molar-refractivity contribution in [3.63, 3.8) is 0 Å². The molecule has 0 N–H and O–H groups in total. The molecular weight excluding hydrogens is 344 g/mol. The Hall–Kier alpha value is -2.02. The van der Waals surface area contributed by atoms with E-state index in [1.54, 1.807) is 6.92 Å². The van der Waals surface area contributed by atoms with Crippen LogP contribution in [-0.4, -0.2) is 38.8 Å². The van der Waals surface area contributed by atoms with Gasteiger partial charge in [0.15, 0.2) is 15.6 Å². The van der Waals surface area contributed by atoms with Crippen LogP contribution < -0.4 is 0 Å². The molecule has 6 nitrogen and oxygen atoms in total. The summed E-state index contributed by atoms with van der Waals surface area (Å²) in [7, 11) is -3.43. The molecule has 0 amide bonds. The van der Waals surface area contributed by atoms with Gasteiger partial charge >= 0.3 is 5.97 Å². The number of ketones is 2. The van der Waals surface area contributed by atoms with Crippen LogP contribution in [0.5, 0.6) is 0 Å². The van der Waals surface area contributed by atoms with Gasteiger partial charge in [-0.25, -0.2) is 8.42 Å². The zero-order valence-electron chi connectivity index (χ0n) is 14.8. The first-order valence-corrected chi connectivity index (χ1v) is 10.1. The first-order chi connectivity index (χ1) is 11.7. The highest BCUT2D eigenvalue weighted by Gasteiger charge is 2.25. The van der Waals surface area contributed by atoms with Crippen LogP contribution in [0.4, 0.5) is 0 Å². The molecule has 138 valence electrons. The monoisotopic (exact) mass is 368 g/mol. The van der Waals surface area contributed by atoms with Crippen LogP contribution in [0.15, 0.2) is 29.2 Å². The molecule has 1 atom stereocenters. The van der Waals surface area contributed by atoms with E-state index in [1.165, 1.54) is 31.2 Å². The van der Waals surface area contributed by atoms with Gasteiger partial charge in [0.05, 0.1) is 17.4 Å². The maximum atomic E-state index is 12.6. The Morgan fingerprint density at radius 3 is 2.40 bits per heavy atom. The second kappa shape index (κ2) is 9.46. The number of Topliss-reactive ketones (excluding diaryl/α,β-unsaturated/α-hetero) is 2. The van der Waals surface area contributed by atoms with Crippen LogP contribution in [0, 0.1) is 5.92 Å². The van der Waals surface area contributed by atoms with Gasteiger partial charge in [-0.3, -0.25) is 14.4 Å². The summed E-state index contributed by atoms with van der Waals surface area (Å²) in [6, 6.07) is 5.70. The van der Waals surface area contributed by atoms with E-state index in [2.05, 4.69) is 0 Å². The van der Waals surface area contributed by atoms with E-state index in [4.69, 9.17) is 4.74 Å². The first-order valence-electron chi connectivity index (χ1n) is 8.17. The third-order valence-corrected chi connectivity index (χ3v) is 4.89. The van der Waals surface area contributed by atoms with E-state index >= 15 is 0 Å². The second-order valence-corrected chi connectivity index (χ2v) is 7.89. The van der Waals surface area contributed by atoms with Crippen LogP contribution in [0.2, 0.25) is 0 Å². The van der Waals surface area contributed by atoms with Gasteiger partial charge in [0, 0.05) is 18.2 Å². The summed E-state index contributed by atoms with van der Waals surface area (Å²) in [6.07, 6.45) is 2.68. The van der Waals surface area contributed by atoms with E-state index in [0.29, 0.717) is 25.9 Å². The Morgan fingerprint density at radius 2 is 1.84 bits per heavy atom. The molecule has 0 saturated carbocycles. The van der Waals surface area contributed by atoms with E-state index in [1.807, 2.05) is 0 Å². The van der Waals surface area contributed by atoms with Crippen molar-refractivity contribution >= 4 is 27.4 Å². The number of hydrogen-bond donors (Lipinski definition) is 0. The second-order valence-electron chi connectivity index (χ2n) is 5.88. The van der Waals surface area contributed by atoms with Crippen LogP contribution in [0.3, 0.4) is 0 Å². The Kier molecular flexibility index (Phi) is 7.96. The lowest BCUT2D eigenvalue weighted by molar-refractivity contribution is -0.143. The predicted molar refractivity (Wildman–Crippen MR) is 93.2 cm³/mol. The quantitative estimate of drug-likeness (QED) is 0.273. The van der Waals surface area contributed by atoms with E-state index in [-0.39, 0.29) is 28.6 Å². The van der Waals surface area contributed by atoms with Crippen molar-refractivity contribution in [3.05, 3.63) is 29.8 Å². The Morgan fingerprint density at radius 1 is 1.16 bits per heavy atom. The van der Waals surface area contributed by atoms with Crippen LogP contribution in [-0.2, 0) is 24.2 Å². The fourth-order valence-electron chi connectivity index (χ4n) is 2.45. The lowest BCUT2D eigenvalue weighted by Crippen LogP contribution is -2.22. The highest BCUT2D eigenvalue weighted by atomic mass is 32.2. The summed E-state index contributed by atoms with van der Waals surface area (Å²) in [6.45, 7) is 3.39. The number of hydrogen-bond acceptors (Lipinski definition) is 6. The molecule has 0 heterocycles. The molecule has 0 aliphatic rings. The lowest BCUT2D eigenvalue weighted by atomic mass is 9.89. The van der Waals surface area contributed by atoms with Gasteiger partial charge in [-0.1, -0.05) is 18.6 Å². The summed E-state index contributed by atoms with van der Waals surface area (Å²) in [5.74, 6) is -1.80. The van der Waals surface area contributed by atoms with Gasteiger partial charge in [-0.15, -0.1) is 0 Å². The molecule has 1 aromatic carbocycles. The van der Waals surface area contributed by atoms with Crippen molar-refractivity contribution in [2.24, 2.45) is 5.92 Å². The molecule has 0 spiro atoms. The Bertz CT molecular complexity index is 736. The molecule has 0 saturated heterocycles. The highest BCUT2D eigenvalue weighted by Crippen LogP contribution is 2.20. The van der Waals surface area contributed by atoms with Crippen LogP contribution in [0.25, 0.3) is 0 Å². The van der Waals surface area contributed by atoms with Gasteiger partial charge in [-0.05, 0) is 38.8 Å². The third kappa shape index (κ3) is 6.78. The molecule has 0 aromatic heterocycles. The van der Waals surface area contributed by atoms with Crippen LogP contribution in [0.1, 0.15) is 49.9 Å². The summed E-state index contributed by atoms with van der Waals surface area (Å²) in [5, 5.41) is 0. The molecule has 0 radical (unpaired) electrons. The number of ether oxygens (including phenoxy) is 1. The zero-order chi connectivity index (χ0) is 19.0. The van der Waals surface area contributed by atoms with Crippen molar-refractivity contribution in [1.29, 1.82) is 0 Å². The number of sulfone groups is 1. The summed E-state index contributed by atoms with van der Waals surface area (Å²) >= 11 is 0. The third-order valence-electron chi connectivity index (χ3n) is 3.78. The van der Waals surface area contributed by atoms with Crippen molar-refractivity contribution < 1.29 is 27.5 Å². The maximum absolute atomic E-state index is 12.6. The fourth-order valence-corrected chi connectivity index (χ4v) is 3.12. The largest absolute Gasteiger partial charge is 0.466 e. The van der Waals surface area contributed by atoms with Gasteiger partial charge in [0.1, 0.15) is 5.78 Å². The summed E-state index contributed by atoms with van der Waals surface area (Å²) in [4.78, 5) is 35.8. The van der Waals surface area contributed by atoms with Crippen molar-refractivity contribution in [2.75, 3.05) is 12.9 Å². The molecular formula is C18H24O6S. The molecule has 7 heteroatoms. The van der Waals surface area contributed by atoms with E-state index < -0.39 is 21.5 Å². The van der Waals surface area contributed by atoms with Gasteiger partial charge < -0.3 is 4.74 Å². The minimum Gasteiger partial charge on any atom is -0.466 e. The van der Waals surface area contributed by atoms with Crippen molar-refractivity contribution in [1.82, 2.24) is 0 Å². The number of unbranched alkanes of at least 4 members (excludes halogenated alkanes) is 1. The smallest absolute Gasteiger partial charge is 0.305 e. The van der Waals surface area contributed by atoms with Gasteiger partial charge in [0.2, 0.25) is 0 Å². The Labute approximate surface area is 148 Å². The first kappa shape index (κ1) is 21.0. The van der Waals surface area contributed by atoms with Gasteiger partial charge in [0.25, 0.3) is 0 Å².